The van der Waals surface area contributed by atoms with Crippen LogP contribution in [0.1, 0.15) is 30.3 Å². The summed E-state index contributed by atoms with van der Waals surface area (Å²) in [5, 5.41) is 11.0. The van der Waals surface area contributed by atoms with E-state index in [1.54, 1.807) is 0 Å². The molecule has 1 aliphatic heterocycles. The van der Waals surface area contributed by atoms with Crippen molar-refractivity contribution in [2.45, 2.75) is 25.0 Å². The molecule has 114 valence electrons. The molecule has 1 aromatic carbocycles. The molecule has 1 aliphatic rings. The number of nitrogens with two attached hydrogens (primary N) is 1. The van der Waals surface area contributed by atoms with Crippen LogP contribution in [0.2, 0.25) is 0 Å². The van der Waals surface area contributed by atoms with Gasteiger partial charge in [-0.1, -0.05) is 35.4 Å². The number of ether oxygens (including phenoxy) is 1. The molecule has 0 amide bonds. The topological polar surface area (TPSA) is 86.2 Å². The lowest BCUT2D eigenvalue weighted by atomic mass is 10.1. The Balaban J connectivity index is 0.00000161. The van der Waals surface area contributed by atoms with Crippen LogP contribution in [0, 0.1) is 0 Å². The van der Waals surface area contributed by atoms with Crippen LogP contribution in [0.3, 0.4) is 0 Å². The van der Waals surface area contributed by atoms with Gasteiger partial charge < -0.3 is 20.2 Å². The number of hydrogen-bond donors (Lipinski definition) is 2. The van der Waals surface area contributed by atoms with Gasteiger partial charge in [-0.25, -0.2) is 0 Å². The fourth-order valence-electron chi connectivity index (χ4n) is 2.24. The van der Waals surface area contributed by atoms with Crippen LogP contribution in [-0.2, 0) is 4.74 Å². The second-order valence-corrected chi connectivity index (χ2v) is 4.85. The van der Waals surface area contributed by atoms with Gasteiger partial charge in [0, 0.05) is 13.2 Å². The molecule has 0 saturated carbocycles. The zero-order chi connectivity index (χ0) is 13.8. The summed E-state index contributed by atoms with van der Waals surface area (Å²) in [7, 11) is 0. The molecule has 2 aromatic rings. The zero-order valence-corrected chi connectivity index (χ0v) is 12.4. The fraction of sp³-hybridized carbons (Fsp3) is 0.429. The second-order valence-electron chi connectivity index (χ2n) is 4.85. The number of rotatable bonds is 5. The van der Waals surface area contributed by atoms with Crippen LogP contribution in [-0.4, -0.2) is 29.5 Å². The first kappa shape index (κ1) is 15.8. The van der Waals surface area contributed by atoms with Crippen molar-refractivity contribution in [2.24, 2.45) is 5.73 Å². The first-order chi connectivity index (χ1) is 9.83. The maximum Gasteiger partial charge on any atom is 0.315 e. The molecule has 1 fully saturated rings. The third-order valence-electron chi connectivity index (χ3n) is 3.37. The quantitative estimate of drug-likeness (QED) is 0.880. The average Bonchev–Trinajstić information content (AvgIpc) is 3.17. The molecule has 6 nitrogen and oxygen atoms in total. The molecule has 0 unspecified atom stereocenters. The van der Waals surface area contributed by atoms with Crippen molar-refractivity contribution in [3.63, 3.8) is 0 Å². The van der Waals surface area contributed by atoms with Gasteiger partial charge >= 0.3 is 6.01 Å². The lowest BCUT2D eigenvalue weighted by Crippen LogP contribution is -2.18. The summed E-state index contributed by atoms with van der Waals surface area (Å²) in [4.78, 5) is 0. The molecule has 1 saturated heterocycles. The minimum atomic E-state index is -0.401. The van der Waals surface area contributed by atoms with E-state index in [-0.39, 0.29) is 18.5 Å². The molecule has 21 heavy (non-hydrogen) atoms. The number of nitrogens with zero attached hydrogens (tertiary/aromatic N) is 2. The lowest BCUT2D eigenvalue weighted by Gasteiger charge is -2.08. The number of benzene rings is 1. The number of halogens is 1. The highest BCUT2D eigenvalue weighted by Crippen LogP contribution is 2.20. The second kappa shape index (κ2) is 7.40. The van der Waals surface area contributed by atoms with Gasteiger partial charge in [0.2, 0.25) is 5.89 Å². The summed E-state index contributed by atoms with van der Waals surface area (Å²) in [5.74, 6) is 0.408. The molecular weight excluding hydrogens is 292 g/mol. The number of nitrogens with one attached hydrogen (secondary N) is 1. The SMILES string of the molecule is Cl.N[C@H](c1ccccc1)c1nnc(NC[C@@H]2CCCO2)o1. The first-order valence-electron chi connectivity index (χ1n) is 6.82. The Labute approximate surface area is 129 Å². The van der Waals surface area contributed by atoms with E-state index >= 15 is 0 Å². The monoisotopic (exact) mass is 310 g/mol. The Hall–Kier alpha value is -1.63. The summed E-state index contributed by atoms with van der Waals surface area (Å²) >= 11 is 0. The van der Waals surface area contributed by atoms with Crippen LogP contribution in [0.25, 0.3) is 0 Å². The molecule has 0 spiro atoms. The highest BCUT2D eigenvalue weighted by molar-refractivity contribution is 5.85. The van der Waals surface area contributed by atoms with Gasteiger partial charge in [-0.05, 0) is 18.4 Å². The summed E-state index contributed by atoms with van der Waals surface area (Å²) in [5.41, 5.74) is 7.05. The van der Waals surface area contributed by atoms with Crippen molar-refractivity contribution in [3.05, 3.63) is 41.8 Å². The molecule has 1 aromatic heterocycles. The first-order valence-corrected chi connectivity index (χ1v) is 6.82. The Morgan fingerprint density at radius 1 is 1.29 bits per heavy atom. The lowest BCUT2D eigenvalue weighted by molar-refractivity contribution is 0.120. The van der Waals surface area contributed by atoms with Gasteiger partial charge in [-0.3, -0.25) is 0 Å². The standard InChI is InChI=1S/C14H18N4O2.ClH/c15-12(10-5-2-1-3-6-10)13-17-18-14(20-13)16-9-11-7-4-8-19-11;/h1-3,5-6,11-12H,4,7-9,15H2,(H,16,18);1H/t11-,12+;/m0./s1. The van der Waals surface area contributed by atoms with Crippen LogP contribution < -0.4 is 11.1 Å². The van der Waals surface area contributed by atoms with Crippen LogP contribution >= 0.6 is 12.4 Å². The molecule has 2 atom stereocenters. The summed E-state index contributed by atoms with van der Waals surface area (Å²) in [6.07, 6.45) is 2.41. The van der Waals surface area contributed by atoms with E-state index in [1.807, 2.05) is 30.3 Å². The Bertz CT molecular complexity index is 543. The van der Waals surface area contributed by atoms with Crippen molar-refractivity contribution >= 4 is 18.4 Å². The van der Waals surface area contributed by atoms with E-state index in [0.717, 1.165) is 25.0 Å². The predicted octanol–water partition coefficient (Wildman–Crippen LogP) is 2.13. The van der Waals surface area contributed by atoms with E-state index in [0.29, 0.717) is 18.5 Å². The van der Waals surface area contributed by atoms with Gasteiger partial charge in [-0.15, -0.1) is 17.5 Å². The molecule has 0 bridgehead atoms. The Kier molecular flexibility index (Phi) is 5.55. The van der Waals surface area contributed by atoms with Gasteiger partial charge in [0.1, 0.15) is 6.04 Å². The van der Waals surface area contributed by atoms with Crippen molar-refractivity contribution in [3.8, 4) is 0 Å². The minimum absolute atomic E-state index is 0. The number of anilines is 1. The maximum atomic E-state index is 6.10. The van der Waals surface area contributed by atoms with E-state index in [9.17, 15) is 0 Å². The number of aromatic nitrogens is 2. The largest absolute Gasteiger partial charge is 0.406 e. The number of hydrogen-bond acceptors (Lipinski definition) is 6. The summed E-state index contributed by atoms with van der Waals surface area (Å²) in [6, 6.07) is 9.68. The molecule has 0 aliphatic carbocycles. The van der Waals surface area contributed by atoms with Crippen LogP contribution in [0.4, 0.5) is 6.01 Å². The van der Waals surface area contributed by atoms with E-state index in [2.05, 4.69) is 15.5 Å². The summed E-state index contributed by atoms with van der Waals surface area (Å²) < 4.78 is 11.1. The van der Waals surface area contributed by atoms with Gasteiger partial charge in [-0.2, -0.15) is 0 Å². The Morgan fingerprint density at radius 2 is 2.10 bits per heavy atom. The average molecular weight is 311 g/mol. The third-order valence-corrected chi connectivity index (χ3v) is 3.37. The van der Waals surface area contributed by atoms with Crippen molar-refractivity contribution < 1.29 is 9.15 Å². The molecular formula is C14H19ClN4O2. The maximum absolute atomic E-state index is 6.10. The molecule has 2 heterocycles. The normalized spacial score (nSPS) is 19.0. The zero-order valence-electron chi connectivity index (χ0n) is 11.6. The van der Waals surface area contributed by atoms with Crippen molar-refractivity contribution in [2.75, 3.05) is 18.5 Å². The van der Waals surface area contributed by atoms with E-state index in [1.165, 1.54) is 0 Å². The van der Waals surface area contributed by atoms with Gasteiger partial charge in [0.15, 0.2) is 0 Å². The molecule has 7 heteroatoms. The molecule has 0 radical (unpaired) electrons. The van der Waals surface area contributed by atoms with Gasteiger partial charge in [0.25, 0.3) is 0 Å². The van der Waals surface area contributed by atoms with E-state index < -0.39 is 6.04 Å². The predicted molar refractivity (Wildman–Crippen MR) is 81.5 cm³/mol. The highest BCUT2D eigenvalue weighted by atomic mass is 35.5. The fourth-order valence-corrected chi connectivity index (χ4v) is 2.24. The molecule has 3 rings (SSSR count). The third kappa shape index (κ3) is 3.93. The van der Waals surface area contributed by atoms with E-state index in [4.69, 9.17) is 14.9 Å². The van der Waals surface area contributed by atoms with Crippen LogP contribution in [0.15, 0.2) is 34.7 Å². The van der Waals surface area contributed by atoms with Crippen LogP contribution in [0.5, 0.6) is 0 Å². The van der Waals surface area contributed by atoms with Crippen molar-refractivity contribution in [1.29, 1.82) is 0 Å². The Morgan fingerprint density at radius 3 is 2.81 bits per heavy atom. The smallest absolute Gasteiger partial charge is 0.315 e. The molecule has 3 N–H and O–H groups in total. The van der Waals surface area contributed by atoms with Gasteiger partial charge in [0.05, 0.1) is 6.10 Å². The highest BCUT2D eigenvalue weighted by Gasteiger charge is 2.18. The van der Waals surface area contributed by atoms with Crippen molar-refractivity contribution in [1.82, 2.24) is 10.2 Å². The minimum Gasteiger partial charge on any atom is -0.406 e. The summed E-state index contributed by atoms with van der Waals surface area (Å²) in [6.45, 7) is 1.52.